The number of halogens is 3. The molecule has 1 unspecified atom stereocenters. The van der Waals surface area contributed by atoms with Gasteiger partial charge in [-0.25, -0.2) is 4.39 Å². The van der Waals surface area contributed by atoms with Crippen LogP contribution < -0.4 is 4.90 Å². The first-order valence-corrected chi connectivity index (χ1v) is 8.12. The van der Waals surface area contributed by atoms with E-state index in [2.05, 4.69) is 15.9 Å². The van der Waals surface area contributed by atoms with E-state index in [9.17, 15) is 14.0 Å². The van der Waals surface area contributed by atoms with E-state index in [0.29, 0.717) is 28.9 Å². The minimum atomic E-state index is -0.457. The summed E-state index contributed by atoms with van der Waals surface area (Å²) in [4.78, 5) is 24.6. The molecule has 20 heavy (non-hydrogen) atoms. The third kappa shape index (κ3) is 3.54. The summed E-state index contributed by atoms with van der Waals surface area (Å²) in [5.41, 5.74) is 0.494. The molecule has 0 saturated carbocycles. The maximum atomic E-state index is 13.2. The van der Waals surface area contributed by atoms with Gasteiger partial charge in [-0.2, -0.15) is 0 Å². The Balaban J connectivity index is 2.18. The lowest BCUT2D eigenvalue weighted by Crippen LogP contribution is -2.25. The van der Waals surface area contributed by atoms with E-state index < -0.39 is 5.82 Å². The van der Waals surface area contributed by atoms with Gasteiger partial charge < -0.3 is 4.90 Å². The van der Waals surface area contributed by atoms with Gasteiger partial charge in [0.05, 0.1) is 10.7 Å². The third-order valence-electron chi connectivity index (χ3n) is 2.98. The first kappa shape index (κ1) is 15.8. The van der Waals surface area contributed by atoms with Gasteiger partial charge in [0.1, 0.15) is 5.82 Å². The van der Waals surface area contributed by atoms with Crippen molar-refractivity contribution in [3.8, 4) is 0 Å². The van der Waals surface area contributed by atoms with Crippen LogP contribution in [0.15, 0.2) is 16.6 Å². The van der Waals surface area contributed by atoms with E-state index in [1.807, 2.05) is 0 Å². The Kier molecular flexibility index (Phi) is 5.09. The van der Waals surface area contributed by atoms with Gasteiger partial charge in [-0.3, -0.25) is 9.59 Å². The van der Waals surface area contributed by atoms with E-state index in [-0.39, 0.29) is 22.0 Å². The third-order valence-corrected chi connectivity index (χ3v) is 4.92. The molecule has 3 nitrogen and oxygen atoms in total. The fourth-order valence-corrected chi connectivity index (χ4v) is 3.90. The van der Waals surface area contributed by atoms with E-state index in [1.165, 1.54) is 30.8 Å². The second kappa shape index (κ2) is 6.45. The average molecular weight is 381 g/mol. The molecular weight excluding hydrogens is 369 g/mol. The van der Waals surface area contributed by atoms with Crippen molar-refractivity contribution in [3.63, 3.8) is 0 Å². The standard InChI is InChI=1S/C13H12BrClFNO2S/c1-7(18)20-6-8-2-12(19)17(5-8)13-10(14)3-9(16)4-11(13)15/h3-4,8H,2,5-6H2,1H3. The molecule has 0 aromatic heterocycles. The molecule has 1 aromatic carbocycles. The lowest BCUT2D eigenvalue weighted by atomic mass is 10.1. The highest BCUT2D eigenvalue weighted by Crippen LogP contribution is 2.38. The summed E-state index contributed by atoms with van der Waals surface area (Å²) in [6.07, 6.45) is 0.375. The second-order valence-corrected chi connectivity index (χ2v) is 7.05. The summed E-state index contributed by atoms with van der Waals surface area (Å²) in [6.45, 7) is 2.00. The van der Waals surface area contributed by atoms with Crippen LogP contribution >= 0.6 is 39.3 Å². The lowest BCUT2D eigenvalue weighted by molar-refractivity contribution is -0.117. The fraction of sp³-hybridized carbons (Fsp3) is 0.385. The number of amides is 1. The van der Waals surface area contributed by atoms with Crippen molar-refractivity contribution in [2.24, 2.45) is 5.92 Å². The van der Waals surface area contributed by atoms with Crippen LogP contribution in [0.1, 0.15) is 13.3 Å². The first-order valence-electron chi connectivity index (χ1n) is 5.96. The zero-order valence-corrected chi connectivity index (χ0v) is 13.8. The molecule has 1 amide bonds. The van der Waals surface area contributed by atoms with E-state index >= 15 is 0 Å². The van der Waals surface area contributed by atoms with Gasteiger partial charge in [-0.15, -0.1) is 0 Å². The van der Waals surface area contributed by atoms with Gasteiger partial charge in [0.15, 0.2) is 5.12 Å². The second-order valence-electron chi connectivity index (χ2n) is 4.60. The molecule has 2 rings (SSSR count). The summed E-state index contributed by atoms with van der Waals surface area (Å²) in [5.74, 6) is 0.187. The van der Waals surface area contributed by atoms with Crippen LogP contribution in [-0.4, -0.2) is 23.3 Å². The van der Waals surface area contributed by atoms with E-state index in [0.717, 1.165) is 0 Å². The highest BCUT2D eigenvalue weighted by Gasteiger charge is 2.33. The molecular formula is C13H12BrClFNO2S. The summed E-state index contributed by atoms with van der Waals surface area (Å²) in [5, 5.41) is 0.238. The number of thioether (sulfide) groups is 1. The van der Waals surface area contributed by atoms with Crippen molar-refractivity contribution in [2.45, 2.75) is 13.3 Å². The Morgan fingerprint density at radius 2 is 2.30 bits per heavy atom. The number of anilines is 1. The molecule has 0 N–H and O–H groups in total. The number of carbonyl (C=O) groups is 2. The molecule has 108 valence electrons. The van der Waals surface area contributed by atoms with Crippen LogP contribution in [0.2, 0.25) is 5.02 Å². The highest BCUT2D eigenvalue weighted by molar-refractivity contribution is 9.10. The van der Waals surface area contributed by atoms with Crippen molar-refractivity contribution in [2.75, 3.05) is 17.2 Å². The van der Waals surface area contributed by atoms with E-state index in [4.69, 9.17) is 11.6 Å². The van der Waals surface area contributed by atoms with Gasteiger partial charge in [0, 0.05) is 30.1 Å². The summed E-state index contributed by atoms with van der Waals surface area (Å²) >= 11 is 10.5. The Morgan fingerprint density at radius 1 is 1.60 bits per heavy atom. The van der Waals surface area contributed by atoms with Crippen LogP contribution in [0.4, 0.5) is 10.1 Å². The Hall–Kier alpha value is -0.590. The Bertz CT molecular complexity index is 546. The molecule has 0 spiro atoms. The van der Waals surface area contributed by atoms with Crippen molar-refractivity contribution in [3.05, 3.63) is 27.4 Å². The molecule has 1 atom stereocenters. The van der Waals surface area contributed by atoms with Crippen molar-refractivity contribution in [1.82, 2.24) is 0 Å². The molecule has 1 aliphatic heterocycles. The predicted molar refractivity (Wildman–Crippen MR) is 82.7 cm³/mol. The number of hydrogen-bond acceptors (Lipinski definition) is 3. The highest BCUT2D eigenvalue weighted by atomic mass is 79.9. The van der Waals surface area contributed by atoms with Crippen molar-refractivity contribution < 1.29 is 14.0 Å². The van der Waals surface area contributed by atoms with E-state index in [1.54, 1.807) is 4.90 Å². The normalized spacial score (nSPS) is 18.7. The maximum absolute atomic E-state index is 13.2. The molecule has 1 aliphatic rings. The number of nitrogens with zero attached hydrogens (tertiary/aromatic N) is 1. The molecule has 0 bridgehead atoms. The van der Waals surface area contributed by atoms with Crippen LogP contribution in [0.3, 0.4) is 0 Å². The van der Waals surface area contributed by atoms with Gasteiger partial charge >= 0.3 is 0 Å². The van der Waals surface area contributed by atoms with Crippen LogP contribution in [0.25, 0.3) is 0 Å². The van der Waals surface area contributed by atoms with Gasteiger partial charge in [-0.1, -0.05) is 23.4 Å². The minimum Gasteiger partial charge on any atom is -0.310 e. The number of carbonyl (C=O) groups excluding carboxylic acids is 2. The summed E-state index contributed by atoms with van der Waals surface area (Å²) in [7, 11) is 0. The van der Waals surface area contributed by atoms with Crippen molar-refractivity contribution in [1.29, 1.82) is 0 Å². The zero-order chi connectivity index (χ0) is 14.9. The van der Waals surface area contributed by atoms with Gasteiger partial charge in [-0.05, 0) is 34.0 Å². The molecule has 1 aromatic rings. The minimum absolute atomic E-state index is 0.0388. The first-order chi connectivity index (χ1) is 9.38. The summed E-state index contributed by atoms with van der Waals surface area (Å²) < 4.78 is 13.7. The topological polar surface area (TPSA) is 37.4 Å². The number of benzene rings is 1. The lowest BCUT2D eigenvalue weighted by Gasteiger charge is -2.20. The molecule has 0 aliphatic carbocycles. The Morgan fingerprint density at radius 3 is 2.90 bits per heavy atom. The fourth-order valence-electron chi connectivity index (χ4n) is 2.14. The Labute approximate surface area is 134 Å². The molecule has 0 radical (unpaired) electrons. The SMILES string of the molecule is CC(=O)SCC1CC(=O)N(c2c(Cl)cc(F)cc2Br)C1. The average Bonchev–Trinajstić information content (AvgIpc) is 2.67. The van der Waals surface area contributed by atoms with Crippen LogP contribution in [-0.2, 0) is 9.59 Å². The largest absolute Gasteiger partial charge is 0.310 e. The quantitative estimate of drug-likeness (QED) is 0.799. The van der Waals surface area contributed by atoms with Gasteiger partial charge in [0.2, 0.25) is 5.91 Å². The predicted octanol–water partition coefficient (Wildman–Crippen LogP) is 3.87. The van der Waals surface area contributed by atoms with Crippen LogP contribution in [0.5, 0.6) is 0 Å². The maximum Gasteiger partial charge on any atom is 0.227 e. The molecule has 1 saturated heterocycles. The monoisotopic (exact) mass is 379 g/mol. The smallest absolute Gasteiger partial charge is 0.227 e. The number of hydrogen-bond donors (Lipinski definition) is 0. The molecule has 1 heterocycles. The summed E-state index contributed by atoms with van der Waals surface area (Å²) in [6, 6.07) is 2.47. The molecule has 7 heteroatoms. The zero-order valence-electron chi connectivity index (χ0n) is 10.7. The number of rotatable bonds is 3. The van der Waals surface area contributed by atoms with Gasteiger partial charge in [0.25, 0.3) is 0 Å². The van der Waals surface area contributed by atoms with Crippen LogP contribution in [0, 0.1) is 11.7 Å². The molecule has 1 fully saturated rings. The van der Waals surface area contributed by atoms with Crippen molar-refractivity contribution >= 4 is 56.0 Å².